The Morgan fingerprint density at radius 3 is 2.11 bits per heavy atom. The zero-order chi connectivity index (χ0) is 12.8. The number of carbonyl (C=O) groups is 1. The van der Waals surface area contributed by atoms with Crippen molar-refractivity contribution in [2.24, 2.45) is 0 Å². The third-order valence-corrected chi connectivity index (χ3v) is 2.99. The zero-order valence-electron chi connectivity index (χ0n) is 10.8. The highest BCUT2D eigenvalue weighted by molar-refractivity contribution is 5.73. The number of allylic oxidation sites excluding steroid dienone is 4. The first kappa shape index (κ1) is 13.0. The monoisotopic (exact) mass is 252 g/mol. The minimum Gasteiger partial charge on any atom is -0.460 e. The molecule has 4 heteroatoms. The molecule has 2 aliphatic carbocycles. The molecule has 0 aliphatic heterocycles. The van der Waals surface area contributed by atoms with E-state index in [-0.39, 0.29) is 0 Å². The molecule has 0 N–H and O–H groups in total. The van der Waals surface area contributed by atoms with Gasteiger partial charge >= 0.3 is 12.3 Å². The molecule has 0 fully saturated rings. The Bertz CT molecular complexity index is 331. The van der Waals surface area contributed by atoms with Gasteiger partial charge in [0.2, 0.25) is 0 Å². The molecule has 0 spiro atoms. The first-order valence-electron chi connectivity index (χ1n) is 6.67. The van der Waals surface area contributed by atoms with Crippen molar-refractivity contribution in [3.63, 3.8) is 0 Å². The second-order valence-corrected chi connectivity index (χ2v) is 4.45. The quantitative estimate of drug-likeness (QED) is 0.538. The van der Waals surface area contributed by atoms with Crippen LogP contribution < -0.4 is 0 Å². The summed E-state index contributed by atoms with van der Waals surface area (Å²) in [5.74, 6) is 1.23. The van der Waals surface area contributed by atoms with Crippen molar-refractivity contribution in [1.29, 1.82) is 0 Å². The maximum Gasteiger partial charge on any atom is 0.389 e. The summed E-state index contributed by atoms with van der Waals surface area (Å²) in [5.41, 5.74) is 0. The molecule has 0 aromatic heterocycles. The predicted molar refractivity (Wildman–Crippen MR) is 66.5 cm³/mol. The van der Waals surface area contributed by atoms with E-state index in [1.165, 1.54) is 0 Å². The Morgan fingerprint density at radius 2 is 1.72 bits per heavy atom. The Kier molecular flexibility index (Phi) is 4.67. The van der Waals surface area contributed by atoms with Gasteiger partial charge in [-0.15, -0.1) is 0 Å². The van der Waals surface area contributed by atoms with Gasteiger partial charge < -0.3 is 14.2 Å². The summed E-state index contributed by atoms with van der Waals surface area (Å²) in [6.07, 6.45) is 8.99. The standard InChI is InChI=1S/C14H20O4/c1-2-16-13(15)14(17-11-7-3-4-8-11)18-12-9-5-6-10-12/h7,9,14H,2-6,8,10H2,1H3. The molecule has 0 amide bonds. The van der Waals surface area contributed by atoms with E-state index in [4.69, 9.17) is 14.2 Å². The Balaban J connectivity index is 1.94. The van der Waals surface area contributed by atoms with Crippen LogP contribution in [0.5, 0.6) is 0 Å². The third kappa shape index (κ3) is 3.52. The molecule has 0 radical (unpaired) electrons. The Hall–Kier alpha value is -1.45. The summed E-state index contributed by atoms with van der Waals surface area (Å²) in [4.78, 5) is 11.8. The molecule has 0 saturated heterocycles. The average Bonchev–Trinajstić information content (AvgIpc) is 3.01. The molecule has 0 heterocycles. The van der Waals surface area contributed by atoms with Gasteiger partial charge in [-0.25, -0.2) is 4.79 Å². The van der Waals surface area contributed by atoms with Crippen LogP contribution in [0.25, 0.3) is 0 Å². The van der Waals surface area contributed by atoms with Crippen molar-refractivity contribution < 1.29 is 19.0 Å². The summed E-state index contributed by atoms with van der Waals surface area (Å²) < 4.78 is 16.2. The fourth-order valence-corrected chi connectivity index (χ4v) is 2.10. The summed E-state index contributed by atoms with van der Waals surface area (Å²) in [5, 5.41) is 0. The van der Waals surface area contributed by atoms with Crippen LogP contribution >= 0.6 is 0 Å². The predicted octanol–water partition coefficient (Wildman–Crippen LogP) is 3.04. The van der Waals surface area contributed by atoms with Gasteiger partial charge in [0.05, 0.1) is 18.1 Å². The number of carbonyl (C=O) groups excluding carboxylic acids is 1. The third-order valence-electron chi connectivity index (χ3n) is 2.99. The van der Waals surface area contributed by atoms with Crippen LogP contribution in [0.3, 0.4) is 0 Å². The van der Waals surface area contributed by atoms with E-state index in [1.807, 2.05) is 12.2 Å². The molecule has 0 saturated carbocycles. The fourth-order valence-electron chi connectivity index (χ4n) is 2.10. The normalized spacial score (nSPS) is 18.6. The average molecular weight is 252 g/mol. The summed E-state index contributed by atoms with van der Waals surface area (Å²) in [7, 11) is 0. The number of hydrogen-bond donors (Lipinski definition) is 0. The number of hydrogen-bond acceptors (Lipinski definition) is 4. The lowest BCUT2D eigenvalue weighted by Gasteiger charge is -2.20. The molecule has 2 rings (SSSR count). The second kappa shape index (κ2) is 6.47. The molecule has 0 aromatic carbocycles. The first-order chi connectivity index (χ1) is 8.79. The fraction of sp³-hybridized carbons (Fsp3) is 0.643. The van der Waals surface area contributed by atoms with Crippen molar-refractivity contribution >= 4 is 5.97 Å². The van der Waals surface area contributed by atoms with Gasteiger partial charge in [-0.2, -0.15) is 0 Å². The molecule has 2 aliphatic rings. The largest absolute Gasteiger partial charge is 0.460 e. The molecule has 0 bridgehead atoms. The Morgan fingerprint density at radius 1 is 1.17 bits per heavy atom. The van der Waals surface area contributed by atoms with Crippen LogP contribution in [0.1, 0.15) is 45.4 Å². The highest BCUT2D eigenvalue weighted by Gasteiger charge is 2.27. The Labute approximate surface area is 108 Å². The molecule has 18 heavy (non-hydrogen) atoms. The van der Waals surface area contributed by atoms with Crippen LogP contribution in [0, 0.1) is 0 Å². The highest BCUT2D eigenvalue weighted by Crippen LogP contribution is 2.25. The smallest absolute Gasteiger partial charge is 0.389 e. The second-order valence-electron chi connectivity index (χ2n) is 4.45. The minimum atomic E-state index is -0.946. The molecular weight excluding hydrogens is 232 g/mol. The SMILES string of the molecule is CCOC(=O)C(OC1=CCCC1)OC1=CCCC1. The van der Waals surface area contributed by atoms with E-state index in [0.29, 0.717) is 6.61 Å². The molecule has 4 nitrogen and oxygen atoms in total. The minimum absolute atomic E-state index is 0.333. The van der Waals surface area contributed by atoms with E-state index in [1.54, 1.807) is 6.92 Å². The van der Waals surface area contributed by atoms with Crippen LogP contribution in [-0.2, 0) is 19.0 Å². The maximum absolute atomic E-state index is 11.8. The van der Waals surface area contributed by atoms with Gasteiger partial charge in [0.1, 0.15) is 0 Å². The van der Waals surface area contributed by atoms with Crippen LogP contribution in [-0.4, -0.2) is 18.9 Å². The van der Waals surface area contributed by atoms with Gasteiger partial charge in [0, 0.05) is 12.8 Å². The van der Waals surface area contributed by atoms with Crippen molar-refractivity contribution in [1.82, 2.24) is 0 Å². The molecule has 0 aromatic rings. The van der Waals surface area contributed by atoms with E-state index >= 15 is 0 Å². The van der Waals surface area contributed by atoms with Gasteiger partial charge in [-0.3, -0.25) is 0 Å². The number of esters is 1. The van der Waals surface area contributed by atoms with Crippen molar-refractivity contribution in [3.05, 3.63) is 23.7 Å². The van der Waals surface area contributed by atoms with Crippen LogP contribution in [0.15, 0.2) is 23.7 Å². The van der Waals surface area contributed by atoms with E-state index in [0.717, 1.165) is 50.0 Å². The molecule has 0 atom stereocenters. The zero-order valence-corrected chi connectivity index (χ0v) is 10.8. The summed E-state index contributed by atoms with van der Waals surface area (Å²) >= 11 is 0. The van der Waals surface area contributed by atoms with Crippen molar-refractivity contribution in [2.45, 2.75) is 51.7 Å². The molecule has 100 valence electrons. The van der Waals surface area contributed by atoms with Crippen LogP contribution in [0.2, 0.25) is 0 Å². The van der Waals surface area contributed by atoms with Gasteiger partial charge in [-0.05, 0) is 44.8 Å². The number of rotatable bonds is 6. The summed E-state index contributed by atoms with van der Waals surface area (Å²) in [6, 6.07) is 0. The lowest BCUT2D eigenvalue weighted by atomic mass is 10.3. The van der Waals surface area contributed by atoms with Gasteiger partial charge in [-0.1, -0.05) is 0 Å². The van der Waals surface area contributed by atoms with Crippen molar-refractivity contribution in [2.75, 3.05) is 6.61 Å². The van der Waals surface area contributed by atoms with Gasteiger partial charge in [0.15, 0.2) is 0 Å². The van der Waals surface area contributed by atoms with Crippen molar-refractivity contribution in [3.8, 4) is 0 Å². The van der Waals surface area contributed by atoms with E-state index < -0.39 is 12.3 Å². The molecular formula is C14H20O4. The summed E-state index contributed by atoms with van der Waals surface area (Å²) in [6.45, 7) is 2.11. The number of ether oxygens (including phenoxy) is 3. The van der Waals surface area contributed by atoms with Gasteiger partial charge in [0.25, 0.3) is 0 Å². The lowest BCUT2D eigenvalue weighted by molar-refractivity contribution is -0.179. The first-order valence-corrected chi connectivity index (χ1v) is 6.67. The van der Waals surface area contributed by atoms with E-state index in [2.05, 4.69) is 0 Å². The maximum atomic E-state index is 11.8. The highest BCUT2D eigenvalue weighted by atomic mass is 16.7. The molecule has 0 unspecified atom stereocenters. The lowest BCUT2D eigenvalue weighted by Crippen LogP contribution is -2.29. The van der Waals surface area contributed by atoms with Crippen LogP contribution in [0.4, 0.5) is 0 Å². The topological polar surface area (TPSA) is 44.8 Å². The van der Waals surface area contributed by atoms with E-state index in [9.17, 15) is 4.79 Å².